The molecule has 0 aliphatic rings. The molecule has 3 nitrogen and oxygen atoms in total. The van der Waals surface area contributed by atoms with Crippen LogP contribution in [0.4, 0.5) is 0 Å². The number of imidazole rings is 1. The van der Waals surface area contributed by atoms with E-state index < -0.39 is 0 Å². The SMILES string of the molecule is CCOc1cccc(Cc2ncn(C)c2Br)c1. The molecule has 0 aliphatic heterocycles. The summed E-state index contributed by atoms with van der Waals surface area (Å²) in [5.74, 6) is 0.914. The molecule has 0 fully saturated rings. The number of aromatic nitrogens is 2. The summed E-state index contributed by atoms with van der Waals surface area (Å²) in [5.41, 5.74) is 2.25. The van der Waals surface area contributed by atoms with Crippen LogP contribution in [0.25, 0.3) is 0 Å². The molecule has 2 aromatic rings. The molecule has 0 saturated heterocycles. The fourth-order valence-electron chi connectivity index (χ4n) is 1.69. The Morgan fingerprint density at radius 2 is 2.24 bits per heavy atom. The summed E-state index contributed by atoms with van der Waals surface area (Å²) < 4.78 is 8.47. The first-order chi connectivity index (χ1) is 8.20. The van der Waals surface area contributed by atoms with Gasteiger partial charge in [0, 0.05) is 13.5 Å². The molecule has 0 unspecified atom stereocenters. The number of ether oxygens (including phenoxy) is 1. The monoisotopic (exact) mass is 294 g/mol. The van der Waals surface area contributed by atoms with Crippen LogP contribution in [-0.2, 0) is 13.5 Å². The maximum atomic E-state index is 5.48. The minimum Gasteiger partial charge on any atom is -0.494 e. The third-order valence-electron chi connectivity index (χ3n) is 2.52. The van der Waals surface area contributed by atoms with E-state index in [9.17, 15) is 0 Å². The summed E-state index contributed by atoms with van der Waals surface area (Å²) >= 11 is 3.53. The first-order valence-corrected chi connectivity index (χ1v) is 6.37. The van der Waals surface area contributed by atoms with Gasteiger partial charge in [0.1, 0.15) is 10.4 Å². The van der Waals surface area contributed by atoms with Crippen molar-refractivity contribution in [1.29, 1.82) is 0 Å². The maximum absolute atomic E-state index is 5.48. The van der Waals surface area contributed by atoms with Gasteiger partial charge >= 0.3 is 0 Å². The fourth-order valence-corrected chi connectivity index (χ4v) is 2.02. The van der Waals surface area contributed by atoms with Gasteiger partial charge in [0.05, 0.1) is 18.6 Å². The summed E-state index contributed by atoms with van der Waals surface area (Å²) in [7, 11) is 1.97. The van der Waals surface area contributed by atoms with Crippen LogP contribution in [0, 0.1) is 0 Å². The number of hydrogen-bond acceptors (Lipinski definition) is 2. The number of halogens is 1. The minimum atomic E-state index is 0.691. The van der Waals surface area contributed by atoms with E-state index in [1.54, 1.807) is 0 Å². The van der Waals surface area contributed by atoms with Gasteiger partial charge in [-0.2, -0.15) is 0 Å². The zero-order valence-electron chi connectivity index (χ0n) is 9.98. The Kier molecular flexibility index (Phi) is 3.84. The van der Waals surface area contributed by atoms with E-state index >= 15 is 0 Å². The lowest BCUT2D eigenvalue weighted by atomic mass is 10.1. The molecule has 1 aromatic carbocycles. The number of rotatable bonds is 4. The van der Waals surface area contributed by atoms with Crippen LogP contribution in [-0.4, -0.2) is 16.2 Å². The third-order valence-corrected chi connectivity index (χ3v) is 3.53. The molecule has 0 saturated carbocycles. The molecule has 0 radical (unpaired) electrons. The van der Waals surface area contributed by atoms with Gasteiger partial charge in [-0.3, -0.25) is 0 Å². The standard InChI is InChI=1S/C13H15BrN2O/c1-3-17-11-6-4-5-10(7-11)8-12-13(14)16(2)9-15-12/h4-7,9H,3,8H2,1-2H3. The Balaban J connectivity index is 2.18. The van der Waals surface area contributed by atoms with E-state index in [0.717, 1.165) is 22.5 Å². The van der Waals surface area contributed by atoms with Gasteiger partial charge in [-0.1, -0.05) is 12.1 Å². The molecule has 1 aromatic heterocycles. The fraction of sp³-hybridized carbons (Fsp3) is 0.308. The molecule has 0 N–H and O–H groups in total. The van der Waals surface area contributed by atoms with E-state index in [2.05, 4.69) is 33.0 Å². The van der Waals surface area contributed by atoms with Crippen LogP contribution in [0.15, 0.2) is 35.2 Å². The number of hydrogen-bond donors (Lipinski definition) is 0. The lowest BCUT2D eigenvalue weighted by Crippen LogP contribution is -1.94. The second kappa shape index (κ2) is 5.36. The zero-order chi connectivity index (χ0) is 12.3. The van der Waals surface area contributed by atoms with Crippen molar-refractivity contribution in [3.05, 3.63) is 46.5 Å². The van der Waals surface area contributed by atoms with Crippen LogP contribution >= 0.6 is 15.9 Å². The first-order valence-electron chi connectivity index (χ1n) is 5.58. The molecule has 0 amide bonds. The summed E-state index contributed by atoms with van der Waals surface area (Å²) in [6.45, 7) is 2.68. The van der Waals surface area contributed by atoms with Crippen molar-refractivity contribution in [3.8, 4) is 5.75 Å². The summed E-state index contributed by atoms with van der Waals surface area (Å²) in [5, 5.41) is 0. The Morgan fingerprint density at radius 1 is 1.41 bits per heavy atom. The molecule has 0 spiro atoms. The predicted molar refractivity (Wildman–Crippen MR) is 71.3 cm³/mol. The highest BCUT2D eigenvalue weighted by molar-refractivity contribution is 9.10. The van der Waals surface area contributed by atoms with E-state index in [1.165, 1.54) is 5.56 Å². The zero-order valence-corrected chi connectivity index (χ0v) is 11.6. The van der Waals surface area contributed by atoms with Gasteiger partial charge in [-0.15, -0.1) is 0 Å². The van der Waals surface area contributed by atoms with Crippen molar-refractivity contribution in [3.63, 3.8) is 0 Å². The highest BCUT2D eigenvalue weighted by Crippen LogP contribution is 2.20. The topological polar surface area (TPSA) is 27.1 Å². The molecule has 0 aliphatic carbocycles. The molecule has 90 valence electrons. The molecule has 1 heterocycles. The second-order valence-electron chi connectivity index (χ2n) is 3.85. The lowest BCUT2D eigenvalue weighted by molar-refractivity contribution is 0.340. The highest BCUT2D eigenvalue weighted by atomic mass is 79.9. The van der Waals surface area contributed by atoms with Gasteiger partial charge in [0.25, 0.3) is 0 Å². The second-order valence-corrected chi connectivity index (χ2v) is 4.60. The van der Waals surface area contributed by atoms with Gasteiger partial charge < -0.3 is 9.30 Å². The van der Waals surface area contributed by atoms with Gasteiger partial charge in [-0.05, 0) is 40.5 Å². The molecule has 0 atom stereocenters. The number of nitrogens with zero attached hydrogens (tertiary/aromatic N) is 2. The number of aryl methyl sites for hydroxylation is 1. The van der Waals surface area contributed by atoms with Crippen LogP contribution in [0.2, 0.25) is 0 Å². The molecule has 17 heavy (non-hydrogen) atoms. The van der Waals surface area contributed by atoms with Crippen molar-refractivity contribution in [2.45, 2.75) is 13.3 Å². The van der Waals surface area contributed by atoms with Crippen LogP contribution in [0.5, 0.6) is 5.75 Å². The van der Waals surface area contributed by atoms with Crippen LogP contribution in [0.3, 0.4) is 0 Å². The number of benzene rings is 1. The largest absolute Gasteiger partial charge is 0.494 e. The van der Waals surface area contributed by atoms with Gasteiger partial charge in [0.15, 0.2) is 0 Å². The van der Waals surface area contributed by atoms with Crippen molar-refractivity contribution in [2.75, 3.05) is 6.61 Å². The minimum absolute atomic E-state index is 0.691. The maximum Gasteiger partial charge on any atom is 0.119 e. The third kappa shape index (κ3) is 2.88. The normalized spacial score (nSPS) is 10.5. The summed E-state index contributed by atoms with van der Waals surface area (Å²) in [6, 6.07) is 8.13. The molecule has 2 rings (SSSR count). The summed E-state index contributed by atoms with van der Waals surface area (Å²) in [6.07, 6.45) is 2.62. The summed E-state index contributed by atoms with van der Waals surface area (Å²) in [4.78, 5) is 4.36. The molecule has 4 heteroatoms. The van der Waals surface area contributed by atoms with Gasteiger partial charge in [-0.25, -0.2) is 4.98 Å². The molecular formula is C13H15BrN2O. The average molecular weight is 295 g/mol. The van der Waals surface area contributed by atoms with Crippen molar-refractivity contribution in [1.82, 2.24) is 9.55 Å². The van der Waals surface area contributed by atoms with Crippen molar-refractivity contribution < 1.29 is 4.74 Å². The Morgan fingerprint density at radius 3 is 2.88 bits per heavy atom. The Labute approximate surface area is 110 Å². The van der Waals surface area contributed by atoms with E-state index in [0.29, 0.717) is 6.61 Å². The quantitative estimate of drug-likeness (QED) is 0.866. The average Bonchev–Trinajstić information content (AvgIpc) is 2.62. The van der Waals surface area contributed by atoms with E-state index in [4.69, 9.17) is 4.74 Å². The predicted octanol–water partition coefficient (Wildman–Crippen LogP) is 3.17. The van der Waals surface area contributed by atoms with E-state index in [-0.39, 0.29) is 0 Å². The molecule has 0 bridgehead atoms. The van der Waals surface area contributed by atoms with Crippen molar-refractivity contribution in [2.24, 2.45) is 7.05 Å². The Bertz CT molecular complexity index is 508. The van der Waals surface area contributed by atoms with Crippen molar-refractivity contribution >= 4 is 15.9 Å². The van der Waals surface area contributed by atoms with Crippen LogP contribution in [0.1, 0.15) is 18.2 Å². The van der Waals surface area contributed by atoms with Crippen LogP contribution < -0.4 is 4.74 Å². The lowest BCUT2D eigenvalue weighted by Gasteiger charge is -2.05. The van der Waals surface area contributed by atoms with E-state index in [1.807, 2.05) is 37.0 Å². The highest BCUT2D eigenvalue weighted by Gasteiger charge is 2.07. The Hall–Kier alpha value is -1.29. The first kappa shape index (κ1) is 12.2. The smallest absolute Gasteiger partial charge is 0.119 e. The molecular weight excluding hydrogens is 280 g/mol. The van der Waals surface area contributed by atoms with Gasteiger partial charge in [0.2, 0.25) is 0 Å².